The van der Waals surface area contributed by atoms with Gasteiger partial charge in [-0.05, 0) is 55.5 Å². The van der Waals surface area contributed by atoms with E-state index in [0.29, 0.717) is 11.5 Å². The molecule has 2 aromatic rings. The van der Waals surface area contributed by atoms with Crippen molar-refractivity contribution < 1.29 is 9.00 Å². The predicted octanol–water partition coefficient (Wildman–Crippen LogP) is 3.61. The number of amides is 1. The topological polar surface area (TPSA) is 46.2 Å². The normalized spacial score (nSPS) is 16.6. The third-order valence-electron chi connectivity index (χ3n) is 4.26. The average Bonchev–Trinajstić information content (AvgIpc) is 3.38. The first kappa shape index (κ1) is 15.9. The molecule has 1 aliphatic rings. The van der Waals surface area contributed by atoms with Gasteiger partial charge in [-0.25, -0.2) is 0 Å². The summed E-state index contributed by atoms with van der Waals surface area (Å²) in [6, 6.07) is 15.4. The first-order valence-electron chi connectivity index (χ1n) is 7.85. The largest absolute Gasteiger partial charge is 0.345 e. The Morgan fingerprint density at radius 1 is 1.09 bits per heavy atom. The summed E-state index contributed by atoms with van der Waals surface area (Å²) in [5.74, 6) is 0.458. The van der Waals surface area contributed by atoms with Crippen molar-refractivity contribution in [2.24, 2.45) is 5.92 Å². The van der Waals surface area contributed by atoms with Gasteiger partial charge in [0.2, 0.25) is 0 Å². The number of rotatable bonds is 5. The summed E-state index contributed by atoms with van der Waals surface area (Å²) in [5.41, 5.74) is 2.99. The lowest BCUT2D eigenvalue weighted by molar-refractivity contribution is 0.0931. The predicted molar refractivity (Wildman–Crippen MR) is 92.9 cm³/mol. The van der Waals surface area contributed by atoms with Crippen LogP contribution in [0.1, 0.15) is 40.4 Å². The summed E-state index contributed by atoms with van der Waals surface area (Å²) in [5, 5.41) is 3.16. The van der Waals surface area contributed by atoms with Crippen LogP contribution < -0.4 is 5.32 Å². The van der Waals surface area contributed by atoms with Gasteiger partial charge in [-0.3, -0.25) is 9.00 Å². The van der Waals surface area contributed by atoms with Crippen molar-refractivity contribution in [1.29, 1.82) is 0 Å². The third kappa shape index (κ3) is 3.88. The monoisotopic (exact) mass is 327 g/mol. The second kappa shape index (κ2) is 6.67. The second-order valence-corrected chi connectivity index (χ2v) is 7.56. The van der Waals surface area contributed by atoms with Crippen LogP contribution in [0.5, 0.6) is 0 Å². The second-order valence-electron chi connectivity index (χ2n) is 6.18. The quantitative estimate of drug-likeness (QED) is 0.912. The average molecular weight is 327 g/mol. The molecule has 0 radical (unpaired) electrons. The molecule has 1 saturated carbocycles. The van der Waals surface area contributed by atoms with Crippen molar-refractivity contribution in [3.8, 4) is 0 Å². The summed E-state index contributed by atoms with van der Waals surface area (Å²) < 4.78 is 11.4. The molecule has 0 spiro atoms. The van der Waals surface area contributed by atoms with Crippen molar-refractivity contribution in [2.45, 2.75) is 30.7 Å². The Morgan fingerprint density at radius 3 is 2.22 bits per heavy atom. The molecular weight excluding hydrogens is 306 g/mol. The fourth-order valence-electron chi connectivity index (χ4n) is 2.70. The lowest BCUT2D eigenvalue weighted by Crippen LogP contribution is -2.29. The van der Waals surface area contributed by atoms with E-state index in [1.807, 2.05) is 0 Å². The van der Waals surface area contributed by atoms with Gasteiger partial charge in [0.25, 0.3) is 5.91 Å². The molecule has 0 aromatic heterocycles. The molecular formula is C19H21NO2S. The Bertz CT molecular complexity index is 718. The molecule has 0 saturated heterocycles. The molecule has 2 aromatic carbocycles. The van der Waals surface area contributed by atoms with Gasteiger partial charge in [0, 0.05) is 27.5 Å². The van der Waals surface area contributed by atoms with E-state index in [0.717, 1.165) is 23.3 Å². The van der Waals surface area contributed by atoms with E-state index in [2.05, 4.69) is 36.5 Å². The highest BCUT2D eigenvalue weighted by Gasteiger charge is 2.33. The molecule has 2 unspecified atom stereocenters. The molecule has 2 atom stereocenters. The molecule has 1 N–H and O–H groups in total. The van der Waals surface area contributed by atoms with E-state index in [1.54, 1.807) is 30.5 Å². The molecule has 0 heterocycles. The van der Waals surface area contributed by atoms with Gasteiger partial charge < -0.3 is 5.32 Å². The lowest BCUT2D eigenvalue weighted by Gasteiger charge is -2.19. The Balaban J connectivity index is 1.76. The molecule has 1 amide bonds. The number of carbonyl (C=O) groups excluding carboxylic acids is 1. The van der Waals surface area contributed by atoms with Gasteiger partial charge in [-0.2, -0.15) is 0 Å². The Labute approximate surface area is 139 Å². The number of carbonyl (C=O) groups is 1. The highest BCUT2D eigenvalue weighted by atomic mass is 32.2. The zero-order valence-electron chi connectivity index (χ0n) is 13.4. The maximum absolute atomic E-state index is 12.5. The summed E-state index contributed by atoms with van der Waals surface area (Å²) in [4.78, 5) is 13.3. The van der Waals surface area contributed by atoms with Crippen LogP contribution >= 0.6 is 0 Å². The van der Waals surface area contributed by atoms with Crippen LogP contribution in [0.2, 0.25) is 0 Å². The van der Waals surface area contributed by atoms with Crippen LogP contribution in [0.3, 0.4) is 0 Å². The third-order valence-corrected chi connectivity index (χ3v) is 5.20. The number of benzene rings is 2. The van der Waals surface area contributed by atoms with Crippen LogP contribution in [0, 0.1) is 12.8 Å². The molecule has 3 rings (SSSR count). The summed E-state index contributed by atoms with van der Waals surface area (Å²) in [6.07, 6.45) is 3.95. The number of aryl methyl sites for hydroxylation is 1. The number of nitrogens with one attached hydrogen (secondary N) is 1. The van der Waals surface area contributed by atoms with Gasteiger partial charge >= 0.3 is 0 Å². The van der Waals surface area contributed by atoms with E-state index >= 15 is 0 Å². The van der Waals surface area contributed by atoms with Crippen LogP contribution in [-0.4, -0.2) is 16.4 Å². The number of hydrogen-bond donors (Lipinski definition) is 1. The van der Waals surface area contributed by atoms with E-state index in [9.17, 15) is 9.00 Å². The zero-order chi connectivity index (χ0) is 16.4. The fourth-order valence-corrected chi connectivity index (χ4v) is 3.22. The standard InChI is InChI=1S/C19H21NO2S/c1-13-3-5-14(6-4-13)18(15-7-8-15)20-19(21)16-9-11-17(12-10-16)23(2)22/h3-6,9-12,15,18H,7-8H2,1-2H3,(H,20,21). The van der Waals surface area contributed by atoms with Crippen molar-refractivity contribution in [3.05, 3.63) is 65.2 Å². The van der Waals surface area contributed by atoms with E-state index < -0.39 is 10.8 Å². The molecule has 1 fully saturated rings. The van der Waals surface area contributed by atoms with Gasteiger partial charge in [0.15, 0.2) is 0 Å². The fraction of sp³-hybridized carbons (Fsp3) is 0.316. The Morgan fingerprint density at radius 2 is 1.70 bits per heavy atom. The van der Waals surface area contributed by atoms with Crippen molar-refractivity contribution in [1.82, 2.24) is 5.32 Å². The van der Waals surface area contributed by atoms with Crippen LogP contribution in [-0.2, 0) is 10.8 Å². The van der Waals surface area contributed by atoms with Crippen LogP contribution in [0.4, 0.5) is 0 Å². The summed E-state index contributed by atoms with van der Waals surface area (Å²) >= 11 is 0. The minimum absolute atomic E-state index is 0.0723. The molecule has 0 aliphatic heterocycles. The maximum atomic E-state index is 12.5. The highest BCUT2D eigenvalue weighted by Crippen LogP contribution is 2.41. The van der Waals surface area contributed by atoms with Gasteiger partial charge in [0.1, 0.15) is 0 Å². The molecule has 23 heavy (non-hydrogen) atoms. The van der Waals surface area contributed by atoms with Crippen LogP contribution in [0.15, 0.2) is 53.4 Å². The smallest absolute Gasteiger partial charge is 0.251 e. The minimum atomic E-state index is -1.02. The van der Waals surface area contributed by atoms with E-state index in [4.69, 9.17) is 0 Å². The molecule has 0 bridgehead atoms. The molecule has 3 nitrogen and oxygen atoms in total. The Hall–Kier alpha value is -1.94. The molecule has 1 aliphatic carbocycles. The SMILES string of the molecule is Cc1ccc(C(NC(=O)c2ccc(S(C)=O)cc2)C2CC2)cc1. The van der Waals surface area contributed by atoms with Crippen molar-refractivity contribution in [2.75, 3.05) is 6.26 Å². The maximum Gasteiger partial charge on any atom is 0.251 e. The van der Waals surface area contributed by atoms with Gasteiger partial charge in [-0.15, -0.1) is 0 Å². The summed E-state index contributed by atoms with van der Waals surface area (Å²) in [6.45, 7) is 2.06. The van der Waals surface area contributed by atoms with Crippen LogP contribution in [0.25, 0.3) is 0 Å². The minimum Gasteiger partial charge on any atom is -0.345 e. The van der Waals surface area contributed by atoms with Gasteiger partial charge in [-0.1, -0.05) is 29.8 Å². The molecule has 4 heteroatoms. The van der Waals surface area contributed by atoms with Gasteiger partial charge in [0.05, 0.1) is 6.04 Å². The van der Waals surface area contributed by atoms with Crippen molar-refractivity contribution in [3.63, 3.8) is 0 Å². The first-order chi connectivity index (χ1) is 11.0. The van der Waals surface area contributed by atoms with E-state index in [-0.39, 0.29) is 11.9 Å². The Kier molecular flexibility index (Phi) is 4.62. The first-order valence-corrected chi connectivity index (χ1v) is 9.41. The van der Waals surface area contributed by atoms with Crippen molar-refractivity contribution >= 4 is 16.7 Å². The van der Waals surface area contributed by atoms with E-state index in [1.165, 1.54) is 5.56 Å². The zero-order valence-corrected chi connectivity index (χ0v) is 14.2. The summed E-state index contributed by atoms with van der Waals surface area (Å²) in [7, 11) is -1.02. The number of hydrogen-bond acceptors (Lipinski definition) is 2. The lowest BCUT2D eigenvalue weighted by atomic mass is 10.0. The highest BCUT2D eigenvalue weighted by molar-refractivity contribution is 7.84. The molecule has 120 valence electrons.